The van der Waals surface area contributed by atoms with E-state index in [1.54, 1.807) is 13.0 Å². The number of benzene rings is 1. The number of carbonyl (C=O) groups is 2. The van der Waals surface area contributed by atoms with Gasteiger partial charge in [-0.15, -0.1) is 0 Å². The third-order valence-corrected chi connectivity index (χ3v) is 2.96. The Balaban J connectivity index is 2.51. The molecule has 1 aromatic carbocycles. The molecule has 106 valence electrons. The van der Waals surface area contributed by atoms with Crippen molar-refractivity contribution < 1.29 is 14.7 Å². The van der Waals surface area contributed by atoms with E-state index in [2.05, 4.69) is 10.6 Å². The standard InChI is InChI=1S/C13H14ClN3O3/c1-8(12(18)19)4-5-16-13(20)17-11-6-9(7-15)2-3-10(11)14/h2-3,6,8H,4-5H2,1H3,(H,18,19)(H2,16,17,20). The SMILES string of the molecule is CC(CCNC(=O)Nc1cc(C#N)ccc1Cl)C(=O)O. The average Bonchev–Trinajstić information content (AvgIpc) is 2.41. The number of amides is 2. The van der Waals surface area contributed by atoms with E-state index in [1.807, 2.05) is 6.07 Å². The number of carbonyl (C=O) groups excluding carboxylic acids is 1. The lowest BCUT2D eigenvalue weighted by Crippen LogP contribution is -2.31. The third-order valence-electron chi connectivity index (χ3n) is 2.63. The van der Waals surface area contributed by atoms with Crippen molar-refractivity contribution in [3.05, 3.63) is 28.8 Å². The molecule has 0 saturated heterocycles. The number of carboxylic acid groups (broad SMARTS) is 1. The van der Waals surface area contributed by atoms with E-state index >= 15 is 0 Å². The van der Waals surface area contributed by atoms with Crippen LogP contribution in [0.15, 0.2) is 18.2 Å². The molecule has 1 unspecified atom stereocenters. The number of urea groups is 1. The molecule has 1 rings (SSSR count). The summed E-state index contributed by atoms with van der Waals surface area (Å²) in [6.07, 6.45) is 0.328. The summed E-state index contributed by atoms with van der Waals surface area (Å²) in [6, 6.07) is 5.96. The van der Waals surface area contributed by atoms with Crippen LogP contribution in [0.3, 0.4) is 0 Å². The molecular weight excluding hydrogens is 282 g/mol. The summed E-state index contributed by atoms with van der Waals surface area (Å²) in [6.45, 7) is 1.80. The molecule has 0 aliphatic rings. The second-order valence-corrected chi connectivity index (χ2v) is 4.62. The van der Waals surface area contributed by atoms with Crippen LogP contribution in [0.2, 0.25) is 5.02 Å². The summed E-state index contributed by atoms with van der Waals surface area (Å²) < 4.78 is 0. The molecule has 0 aliphatic heterocycles. The van der Waals surface area contributed by atoms with E-state index in [1.165, 1.54) is 12.1 Å². The molecule has 0 spiro atoms. The fourth-order valence-corrected chi connectivity index (χ4v) is 1.55. The highest BCUT2D eigenvalue weighted by Crippen LogP contribution is 2.22. The van der Waals surface area contributed by atoms with E-state index < -0.39 is 17.9 Å². The Morgan fingerprint density at radius 1 is 1.50 bits per heavy atom. The second kappa shape index (κ2) is 7.36. The van der Waals surface area contributed by atoms with Crippen LogP contribution in [0.5, 0.6) is 0 Å². The maximum absolute atomic E-state index is 11.6. The van der Waals surface area contributed by atoms with Crippen molar-refractivity contribution in [2.45, 2.75) is 13.3 Å². The van der Waals surface area contributed by atoms with Crippen LogP contribution >= 0.6 is 11.6 Å². The number of hydrogen-bond acceptors (Lipinski definition) is 3. The van der Waals surface area contributed by atoms with Gasteiger partial charge < -0.3 is 15.7 Å². The third kappa shape index (κ3) is 4.78. The van der Waals surface area contributed by atoms with Gasteiger partial charge in [0.05, 0.1) is 28.3 Å². The van der Waals surface area contributed by atoms with Crippen LogP contribution in [0, 0.1) is 17.2 Å². The first-order valence-corrected chi connectivity index (χ1v) is 6.29. The number of nitrogens with zero attached hydrogens (tertiary/aromatic N) is 1. The van der Waals surface area contributed by atoms with Gasteiger partial charge in [0.15, 0.2) is 0 Å². The lowest BCUT2D eigenvalue weighted by atomic mass is 10.1. The van der Waals surface area contributed by atoms with E-state index in [0.717, 1.165) is 0 Å². The van der Waals surface area contributed by atoms with Crippen LogP contribution in [0.1, 0.15) is 18.9 Å². The van der Waals surface area contributed by atoms with E-state index in [0.29, 0.717) is 22.7 Å². The molecule has 1 aromatic rings. The number of halogens is 1. The minimum atomic E-state index is -0.906. The largest absolute Gasteiger partial charge is 0.481 e. The summed E-state index contributed by atoms with van der Waals surface area (Å²) in [5.74, 6) is -1.43. The van der Waals surface area contributed by atoms with Crippen molar-refractivity contribution in [3.8, 4) is 6.07 Å². The Kier molecular flexibility index (Phi) is 5.81. The highest BCUT2D eigenvalue weighted by atomic mass is 35.5. The zero-order valence-corrected chi connectivity index (χ0v) is 11.6. The van der Waals surface area contributed by atoms with E-state index in [9.17, 15) is 9.59 Å². The summed E-state index contributed by atoms with van der Waals surface area (Å²) in [5, 5.41) is 22.8. The zero-order chi connectivity index (χ0) is 15.1. The van der Waals surface area contributed by atoms with Crippen LogP contribution < -0.4 is 10.6 Å². The molecule has 0 radical (unpaired) electrons. The number of nitriles is 1. The number of nitrogens with one attached hydrogen (secondary N) is 2. The van der Waals surface area contributed by atoms with Crippen LogP contribution in [-0.2, 0) is 4.79 Å². The molecule has 0 aliphatic carbocycles. The second-order valence-electron chi connectivity index (χ2n) is 4.22. The number of hydrogen-bond donors (Lipinski definition) is 3. The van der Waals surface area contributed by atoms with Gasteiger partial charge in [-0.25, -0.2) is 4.79 Å². The van der Waals surface area contributed by atoms with Crippen molar-refractivity contribution in [2.24, 2.45) is 5.92 Å². The van der Waals surface area contributed by atoms with E-state index in [4.69, 9.17) is 22.0 Å². The van der Waals surface area contributed by atoms with Gasteiger partial charge in [-0.1, -0.05) is 18.5 Å². The summed E-state index contributed by atoms with van der Waals surface area (Å²) in [5.41, 5.74) is 0.707. The summed E-state index contributed by atoms with van der Waals surface area (Å²) >= 11 is 5.89. The lowest BCUT2D eigenvalue weighted by molar-refractivity contribution is -0.141. The molecule has 0 saturated carbocycles. The van der Waals surface area contributed by atoms with Crippen molar-refractivity contribution in [3.63, 3.8) is 0 Å². The molecule has 2 amide bonds. The van der Waals surface area contributed by atoms with E-state index in [-0.39, 0.29) is 6.54 Å². The first kappa shape index (κ1) is 15.8. The maximum Gasteiger partial charge on any atom is 0.319 e. The van der Waals surface area contributed by atoms with Gasteiger partial charge in [-0.2, -0.15) is 5.26 Å². The predicted octanol–water partition coefficient (Wildman–Crippen LogP) is 2.44. The van der Waals surface area contributed by atoms with Crippen molar-refractivity contribution in [1.29, 1.82) is 5.26 Å². The minimum absolute atomic E-state index is 0.231. The van der Waals surface area contributed by atoms with Gasteiger partial charge in [0.1, 0.15) is 0 Å². The molecule has 1 atom stereocenters. The van der Waals surface area contributed by atoms with Crippen LogP contribution in [0.25, 0.3) is 0 Å². The summed E-state index contributed by atoms with van der Waals surface area (Å²) in [4.78, 5) is 22.2. The molecule has 0 fully saturated rings. The predicted molar refractivity (Wildman–Crippen MR) is 74.6 cm³/mol. The molecule has 0 bridgehead atoms. The molecule has 3 N–H and O–H groups in total. The number of rotatable bonds is 5. The van der Waals surface area contributed by atoms with Gasteiger partial charge in [0.25, 0.3) is 0 Å². The molecular formula is C13H14ClN3O3. The Bertz CT molecular complexity index is 554. The normalized spacial score (nSPS) is 11.2. The van der Waals surface area contributed by atoms with Gasteiger partial charge in [0, 0.05) is 6.54 Å². The van der Waals surface area contributed by atoms with Gasteiger partial charge in [0.2, 0.25) is 0 Å². The number of aliphatic carboxylic acids is 1. The quantitative estimate of drug-likeness (QED) is 0.776. The highest BCUT2D eigenvalue weighted by Gasteiger charge is 2.11. The monoisotopic (exact) mass is 295 g/mol. The first-order valence-electron chi connectivity index (χ1n) is 5.91. The smallest absolute Gasteiger partial charge is 0.319 e. The summed E-state index contributed by atoms with van der Waals surface area (Å²) in [7, 11) is 0. The molecule has 0 aromatic heterocycles. The Morgan fingerprint density at radius 3 is 2.80 bits per heavy atom. The van der Waals surface area contributed by atoms with Gasteiger partial charge in [-0.3, -0.25) is 4.79 Å². The first-order chi connectivity index (χ1) is 9.43. The lowest BCUT2D eigenvalue weighted by Gasteiger charge is -2.10. The van der Waals surface area contributed by atoms with Gasteiger partial charge >= 0.3 is 12.0 Å². The van der Waals surface area contributed by atoms with Crippen molar-refractivity contribution in [2.75, 3.05) is 11.9 Å². The maximum atomic E-state index is 11.6. The Morgan fingerprint density at radius 2 is 2.20 bits per heavy atom. The topological polar surface area (TPSA) is 102 Å². The van der Waals surface area contributed by atoms with Crippen molar-refractivity contribution in [1.82, 2.24) is 5.32 Å². The molecule has 7 heteroatoms. The minimum Gasteiger partial charge on any atom is -0.481 e. The highest BCUT2D eigenvalue weighted by molar-refractivity contribution is 6.33. The van der Waals surface area contributed by atoms with Crippen LogP contribution in [0.4, 0.5) is 10.5 Å². The van der Waals surface area contributed by atoms with Gasteiger partial charge in [-0.05, 0) is 24.6 Å². The number of anilines is 1. The van der Waals surface area contributed by atoms with Crippen molar-refractivity contribution >= 4 is 29.3 Å². The van der Waals surface area contributed by atoms with Crippen LogP contribution in [-0.4, -0.2) is 23.7 Å². The number of carboxylic acids is 1. The fraction of sp³-hybridized carbons (Fsp3) is 0.308. The molecule has 20 heavy (non-hydrogen) atoms. The molecule has 0 heterocycles. The zero-order valence-electron chi connectivity index (χ0n) is 10.8. The fourth-order valence-electron chi connectivity index (χ4n) is 1.38. The Labute approximate surface area is 121 Å². The Hall–Kier alpha value is -2.26. The molecule has 6 nitrogen and oxygen atoms in total. The average molecular weight is 296 g/mol.